The number of nitro groups is 1. The van der Waals surface area contributed by atoms with E-state index in [1.165, 1.54) is 30.0 Å². The summed E-state index contributed by atoms with van der Waals surface area (Å²) in [7, 11) is 0. The average Bonchev–Trinajstić information content (AvgIpc) is 3.58. The second-order valence-corrected chi connectivity index (χ2v) is 12.1. The highest BCUT2D eigenvalue weighted by atomic mass is 32.2. The first-order chi connectivity index (χ1) is 20.8. The van der Waals surface area contributed by atoms with Crippen LogP contribution >= 0.6 is 23.1 Å². The molecule has 1 aromatic heterocycles. The van der Waals surface area contributed by atoms with Gasteiger partial charge in [-0.15, -0.1) is 10.2 Å². The number of ether oxygens (including phenoxy) is 1. The van der Waals surface area contributed by atoms with E-state index in [-0.39, 0.29) is 22.0 Å². The lowest BCUT2D eigenvalue weighted by Gasteiger charge is -2.22. The predicted molar refractivity (Wildman–Crippen MR) is 165 cm³/mol. The minimum Gasteiger partial charge on any atom is -0.507 e. The van der Waals surface area contributed by atoms with Crippen molar-refractivity contribution in [2.24, 2.45) is 0 Å². The van der Waals surface area contributed by atoms with Crippen LogP contribution in [-0.2, 0) is 15.3 Å². The number of Topliss-reactive ketones (excluding diaryl/α,β-unsaturated/α-hetero) is 1. The van der Waals surface area contributed by atoms with Gasteiger partial charge in [0.2, 0.25) is 5.13 Å². The molecule has 10 nitrogen and oxygen atoms in total. The zero-order valence-electron chi connectivity index (χ0n) is 23.4. The summed E-state index contributed by atoms with van der Waals surface area (Å²) < 4.78 is 6.27. The first kappa shape index (κ1) is 29.9. The minimum absolute atomic E-state index is 0.142. The zero-order valence-corrected chi connectivity index (χ0v) is 25.1. The molecule has 1 unspecified atom stereocenters. The van der Waals surface area contributed by atoms with Crippen LogP contribution in [0, 0.1) is 17.0 Å². The summed E-state index contributed by atoms with van der Waals surface area (Å²) in [5.41, 5.74) is 2.39. The lowest BCUT2D eigenvalue weighted by atomic mass is 9.95. The van der Waals surface area contributed by atoms with Crippen LogP contribution in [0.25, 0.3) is 5.76 Å². The number of hydrogen-bond donors (Lipinski definition) is 1. The van der Waals surface area contributed by atoms with Gasteiger partial charge < -0.3 is 9.84 Å². The number of non-ortho nitro benzene ring substituents is 1. The number of carbonyl (C=O) groups is 2. The first-order valence-corrected chi connectivity index (χ1v) is 15.4. The molecule has 43 heavy (non-hydrogen) atoms. The van der Waals surface area contributed by atoms with Crippen molar-refractivity contribution in [1.29, 1.82) is 0 Å². The Hall–Kier alpha value is -4.55. The summed E-state index contributed by atoms with van der Waals surface area (Å²) in [6.07, 6.45) is 1.88. The van der Waals surface area contributed by atoms with E-state index in [2.05, 4.69) is 17.1 Å². The molecule has 1 atom stereocenters. The van der Waals surface area contributed by atoms with E-state index in [0.717, 1.165) is 40.2 Å². The highest BCUT2D eigenvalue weighted by molar-refractivity contribution is 8.00. The molecule has 1 aliphatic heterocycles. The number of nitro benzene ring substituents is 1. The molecule has 5 rings (SSSR count). The van der Waals surface area contributed by atoms with Crippen LogP contribution < -0.4 is 9.64 Å². The van der Waals surface area contributed by atoms with Crippen molar-refractivity contribution in [2.75, 3.05) is 11.5 Å². The van der Waals surface area contributed by atoms with E-state index in [9.17, 15) is 24.8 Å². The number of aliphatic hydroxyl groups excluding tert-OH is 1. The molecular formula is C31H28N4O6S2. The van der Waals surface area contributed by atoms with Crippen LogP contribution in [0.4, 0.5) is 10.8 Å². The summed E-state index contributed by atoms with van der Waals surface area (Å²) in [5, 5.41) is 31.5. The van der Waals surface area contributed by atoms with Crippen LogP contribution in [0.2, 0.25) is 0 Å². The molecule has 0 bridgehead atoms. The Morgan fingerprint density at radius 3 is 2.53 bits per heavy atom. The molecule has 1 aliphatic rings. The summed E-state index contributed by atoms with van der Waals surface area (Å²) in [6.45, 7) is 4.62. The Bertz CT molecular complexity index is 1690. The number of rotatable bonds is 11. The highest BCUT2D eigenvalue weighted by Gasteiger charge is 2.48. The van der Waals surface area contributed by atoms with Gasteiger partial charge in [-0.25, -0.2) is 0 Å². The maximum atomic E-state index is 13.5. The molecule has 0 aliphatic carbocycles. The van der Waals surface area contributed by atoms with Gasteiger partial charge in [0.25, 0.3) is 11.5 Å². The van der Waals surface area contributed by atoms with Crippen molar-refractivity contribution >= 4 is 51.4 Å². The smallest absolute Gasteiger partial charge is 0.301 e. The van der Waals surface area contributed by atoms with Crippen LogP contribution in [0.1, 0.15) is 48.1 Å². The third-order valence-electron chi connectivity index (χ3n) is 6.82. The van der Waals surface area contributed by atoms with Crippen molar-refractivity contribution in [3.05, 3.63) is 111 Å². The number of aryl methyl sites for hydroxylation is 1. The fourth-order valence-electron chi connectivity index (χ4n) is 4.54. The van der Waals surface area contributed by atoms with Crippen LogP contribution in [0.15, 0.2) is 82.7 Å². The number of thioether (sulfide) groups is 1. The number of benzene rings is 3. The van der Waals surface area contributed by atoms with Crippen LogP contribution in [0.3, 0.4) is 0 Å². The summed E-state index contributed by atoms with van der Waals surface area (Å²) >= 11 is 2.56. The van der Waals surface area contributed by atoms with Crippen LogP contribution in [-0.4, -0.2) is 38.5 Å². The molecule has 3 aromatic carbocycles. The maximum absolute atomic E-state index is 13.5. The molecule has 1 fully saturated rings. The van der Waals surface area contributed by atoms with Crippen molar-refractivity contribution in [1.82, 2.24) is 10.2 Å². The Morgan fingerprint density at radius 2 is 1.84 bits per heavy atom. The van der Waals surface area contributed by atoms with Crippen LogP contribution in [0.5, 0.6) is 5.75 Å². The lowest BCUT2D eigenvalue weighted by molar-refractivity contribution is -0.384. The predicted octanol–water partition coefficient (Wildman–Crippen LogP) is 6.85. The number of aliphatic hydroxyl groups is 1. The number of hydrogen-bond acceptors (Lipinski definition) is 10. The van der Waals surface area contributed by atoms with Gasteiger partial charge >= 0.3 is 5.91 Å². The summed E-state index contributed by atoms with van der Waals surface area (Å²) in [4.78, 5) is 39.1. The van der Waals surface area contributed by atoms with Gasteiger partial charge in [0.1, 0.15) is 11.5 Å². The van der Waals surface area contributed by atoms with E-state index >= 15 is 0 Å². The minimum atomic E-state index is -1.16. The quantitative estimate of drug-likeness (QED) is 0.0280. The number of carbonyl (C=O) groups excluding carboxylic acids is 2. The standard InChI is InChI=1S/C31H28N4O6S2/c1-3-4-16-41-24-14-12-21(13-15-24)27(36)25-26(22-6-5-7-23(17-22)35(39)40)34(29(38)28(25)37)30-32-33-31(43-30)42-18-20-10-8-19(2)9-11-20/h5-15,17,26,36H,3-4,16,18H2,1-2H3/b27-25-. The number of nitrogens with zero attached hydrogens (tertiary/aromatic N) is 4. The molecule has 4 aromatic rings. The van der Waals surface area contributed by atoms with Gasteiger partial charge in [0, 0.05) is 23.4 Å². The molecular weight excluding hydrogens is 588 g/mol. The monoisotopic (exact) mass is 616 g/mol. The zero-order chi connectivity index (χ0) is 30.5. The Balaban J connectivity index is 1.51. The molecule has 12 heteroatoms. The number of anilines is 1. The Labute approximate surface area is 256 Å². The SMILES string of the molecule is CCCCOc1ccc(/C(O)=C2/C(=O)C(=O)N(c3nnc(SCc4ccc(C)cc4)s3)C2c2cccc([N+](=O)[O-])c2)cc1. The third-order valence-corrected chi connectivity index (χ3v) is 8.95. The van der Waals surface area contributed by atoms with E-state index in [1.807, 2.05) is 31.2 Å². The molecule has 0 radical (unpaired) electrons. The Kier molecular flexibility index (Phi) is 9.17. The van der Waals surface area contributed by atoms with Crippen molar-refractivity contribution in [3.63, 3.8) is 0 Å². The molecule has 220 valence electrons. The molecule has 2 heterocycles. The first-order valence-electron chi connectivity index (χ1n) is 13.6. The number of amides is 1. The number of ketones is 1. The van der Waals surface area contributed by atoms with Gasteiger partial charge in [-0.2, -0.15) is 0 Å². The summed E-state index contributed by atoms with van der Waals surface area (Å²) in [5.74, 6) is -1.02. The molecule has 1 saturated heterocycles. The van der Waals surface area contributed by atoms with Gasteiger partial charge in [-0.1, -0.05) is 78.4 Å². The fourth-order valence-corrected chi connectivity index (χ4v) is 6.36. The van der Waals surface area contributed by atoms with E-state index in [1.54, 1.807) is 30.3 Å². The van der Waals surface area contributed by atoms with E-state index in [4.69, 9.17) is 4.74 Å². The van der Waals surface area contributed by atoms with E-state index < -0.39 is 28.4 Å². The second kappa shape index (κ2) is 13.2. The van der Waals surface area contributed by atoms with Crippen molar-refractivity contribution in [3.8, 4) is 5.75 Å². The molecule has 0 spiro atoms. The summed E-state index contributed by atoms with van der Waals surface area (Å²) in [6, 6.07) is 19.1. The Morgan fingerprint density at radius 1 is 1.09 bits per heavy atom. The van der Waals surface area contributed by atoms with Gasteiger partial charge in [0.05, 0.1) is 23.1 Å². The van der Waals surface area contributed by atoms with Gasteiger partial charge in [-0.05, 0) is 48.7 Å². The van der Waals surface area contributed by atoms with Gasteiger partial charge in [-0.3, -0.25) is 24.6 Å². The topological polar surface area (TPSA) is 136 Å². The largest absolute Gasteiger partial charge is 0.507 e. The van der Waals surface area contributed by atoms with Crippen molar-refractivity contribution < 1.29 is 24.4 Å². The third kappa shape index (κ3) is 6.60. The maximum Gasteiger partial charge on any atom is 0.301 e. The molecule has 0 saturated carbocycles. The normalized spacial score (nSPS) is 16.0. The second-order valence-electron chi connectivity index (χ2n) is 9.87. The molecule has 1 N–H and O–H groups in total. The van der Waals surface area contributed by atoms with Gasteiger partial charge in [0.15, 0.2) is 4.34 Å². The highest BCUT2D eigenvalue weighted by Crippen LogP contribution is 2.44. The average molecular weight is 617 g/mol. The number of unbranched alkanes of at least 4 members (excludes halogenated alkanes) is 1. The van der Waals surface area contributed by atoms with Crippen molar-refractivity contribution in [2.45, 2.75) is 42.8 Å². The lowest BCUT2D eigenvalue weighted by Crippen LogP contribution is -2.29. The fraction of sp³-hybridized carbons (Fsp3) is 0.226. The number of aromatic nitrogens is 2. The molecule has 1 amide bonds. The van der Waals surface area contributed by atoms with E-state index in [0.29, 0.717) is 28.0 Å².